The molecular weight excluding hydrogens is 262 g/mol. The minimum Gasteiger partial charge on any atom is -0.348 e. The molecule has 0 fully saturated rings. The van der Waals surface area contributed by atoms with Crippen molar-refractivity contribution in [1.82, 2.24) is 15.0 Å². The smallest absolute Gasteiger partial charge is 0.232 e. The highest BCUT2D eigenvalue weighted by Gasteiger charge is 2.10. The van der Waals surface area contributed by atoms with Gasteiger partial charge >= 0.3 is 0 Å². The van der Waals surface area contributed by atoms with Crippen LogP contribution in [-0.2, 0) is 0 Å². The van der Waals surface area contributed by atoms with Crippen LogP contribution >= 0.6 is 0 Å². The molecule has 0 saturated carbocycles. The van der Waals surface area contributed by atoms with Crippen LogP contribution < -0.4 is 10.6 Å². The number of hydrogen-bond acceptors (Lipinski definition) is 5. The van der Waals surface area contributed by atoms with Gasteiger partial charge in [-0.15, -0.1) is 0 Å². The molecule has 0 amide bonds. The van der Waals surface area contributed by atoms with Gasteiger partial charge in [0.2, 0.25) is 11.9 Å². The molecule has 3 rings (SSSR count). The van der Waals surface area contributed by atoms with Gasteiger partial charge in [0.05, 0.1) is 6.04 Å². The second-order valence-corrected chi connectivity index (χ2v) is 5.11. The molecule has 0 aliphatic heterocycles. The van der Waals surface area contributed by atoms with Crippen LogP contribution in [0.15, 0.2) is 48.2 Å². The lowest BCUT2D eigenvalue weighted by molar-refractivity contribution is 0.847. The molecular formula is C16H19N5. The molecule has 5 nitrogen and oxygen atoms in total. The van der Waals surface area contributed by atoms with Gasteiger partial charge in [0.25, 0.3) is 0 Å². The largest absolute Gasteiger partial charge is 0.348 e. The lowest BCUT2D eigenvalue weighted by atomic mass is 10.1. The van der Waals surface area contributed by atoms with Crippen LogP contribution in [0.3, 0.4) is 0 Å². The van der Waals surface area contributed by atoms with Gasteiger partial charge < -0.3 is 10.6 Å². The maximum Gasteiger partial charge on any atom is 0.232 e. The number of rotatable bonds is 4. The van der Waals surface area contributed by atoms with E-state index in [-0.39, 0.29) is 6.04 Å². The first-order valence-corrected chi connectivity index (χ1v) is 7.25. The van der Waals surface area contributed by atoms with Crippen molar-refractivity contribution in [2.24, 2.45) is 0 Å². The van der Waals surface area contributed by atoms with Gasteiger partial charge in [0.15, 0.2) is 0 Å². The van der Waals surface area contributed by atoms with E-state index in [9.17, 15) is 0 Å². The molecule has 2 N–H and O–H groups in total. The molecule has 5 heteroatoms. The number of nitrogens with zero attached hydrogens (tertiary/aromatic N) is 3. The third kappa shape index (κ3) is 3.78. The van der Waals surface area contributed by atoms with Crippen LogP contribution in [0.25, 0.3) is 0 Å². The predicted molar refractivity (Wildman–Crippen MR) is 85.0 cm³/mol. The first-order valence-electron chi connectivity index (χ1n) is 7.25. The van der Waals surface area contributed by atoms with Gasteiger partial charge in [-0.2, -0.15) is 15.0 Å². The average molecular weight is 281 g/mol. The van der Waals surface area contributed by atoms with E-state index >= 15 is 0 Å². The maximum absolute atomic E-state index is 4.45. The Morgan fingerprint density at radius 1 is 1.05 bits per heavy atom. The van der Waals surface area contributed by atoms with Gasteiger partial charge in [0.1, 0.15) is 5.82 Å². The maximum atomic E-state index is 4.45. The number of anilines is 2. The van der Waals surface area contributed by atoms with Crippen LogP contribution in [0.5, 0.6) is 0 Å². The highest BCUT2D eigenvalue weighted by Crippen LogP contribution is 2.16. The Hall–Kier alpha value is -2.43. The number of aromatic nitrogens is 3. The fourth-order valence-electron chi connectivity index (χ4n) is 2.31. The van der Waals surface area contributed by atoms with Gasteiger partial charge in [-0.25, -0.2) is 0 Å². The summed E-state index contributed by atoms with van der Waals surface area (Å²) in [6.45, 7) is 1.88. The standard InChI is InChI=1S/C16H19N5/c1-12-17-15(19-13-8-4-2-5-9-13)21-16(18-12)20-14-10-6-3-7-11-14/h2-6,8,10,13H,7,9,11H2,1H3,(H2,17,18,19,20,21). The molecule has 21 heavy (non-hydrogen) atoms. The zero-order chi connectivity index (χ0) is 14.5. The summed E-state index contributed by atoms with van der Waals surface area (Å²) in [5.74, 6) is 1.92. The summed E-state index contributed by atoms with van der Waals surface area (Å²) in [4.78, 5) is 13.2. The van der Waals surface area contributed by atoms with Crippen molar-refractivity contribution < 1.29 is 0 Å². The number of hydrogen-bond donors (Lipinski definition) is 2. The monoisotopic (exact) mass is 281 g/mol. The lowest BCUT2D eigenvalue weighted by Crippen LogP contribution is -2.20. The minimum atomic E-state index is 0.237. The third-order valence-corrected chi connectivity index (χ3v) is 3.33. The Morgan fingerprint density at radius 3 is 2.71 bits per heavy atom. The van der Waals surface area contributed by atoms with E-state index in [2.05, 4.69) is 56.0 Å². The number of allylic oxidation sites excluding steroid dienone is 6. The average Bonchev–Trinajstić information content (AvgIpc) is 2.48. The molecule has 1 aromatic heterocycles. The molecule has 0 radical (unpaired) electrons. The van der Waals surface area contributed by atoms with E-state index in [1.807, 2.05) is 19.1 Å². The molecule has 1 heterocycles. The zero-order valence-corrected chi connectivity index (χ0v) is 12.1. The Kier molecular flexibility index (Phi) is 4.09. The molecule has 1 unspecified atom stereocenters. The van der Waals surface area contributed by atoms with Crippen molar-refractivity contribution >= 4 is 11.9 Å². The Morgan fingerprint density at radius 2 is 1.95 bits per heavy atom. The summed E-state index contributed by atoms with van der Waals surface area (Å²) in [5, 5.41) is 6.60. The Bertz CT molecular complexity index is 628. The van der Waals surface area contributed by atoms with Crippen LogP contribution in [0.4, 0.5) is 11.9 Å². The molecule has 0 saturated heterocycles. The van der Waals surface area contributed by atoms with E-state index in [1.165, 1.54) is 0 Å². The zero-order valence-electron chi connectivity index (χ0n) is 12.1. The number of nitrogens with one attached hydrogen (secondary N) is 2. The second-order valence-electron chi connectivity index (χ2n) is 5.11. The quantitative estimate of drug-likeness (QED) is 0.888. The highest BCUT2D eigenvalue weighted by molar-refractivity contribution is 5.42. The van der Waals surface area contributed by atoms with Crippen LogP contribution in [0, 0.1) is 6.92 Å². The topological polar surface area (TPSA) is 62.7 Å². The summed E-state index contributed by atoms with van der Waals surface area (Å²) in [7, 11) is 0. The predicted octanol–water partition coefficient (Wildman–Crippen LogP) is 3.12. The molecule has 1 aromatic rings. The fourth-order valence-corrected chi connectivity index (χ4v) is 2.31. The fraction of sp³-hybridized carbons (Fsp3) is 0.312. The van der Waals surface area contributed by atoms with Gasteiger partial charge in [-0.3, -0.25) is 0 Å². The highest BCUT2D eigenvalue weighted by atomic mass is 15.2. The minimum absolute atomic E-state index is 0.237. The van der Waals surface area contributed by atoms with Gasteiger partial charge in [-0.05, 0) is 32.3 Å². The van der Waals surface area contributed by atoms with E-state index in [0.29, 0.717) is 17.7 Å². The van der Waals surface area contributed by atoms with Crippen molar-refractivity contribution in [3.63, 3.8) is 0 Å². The molecule has 1 atom stereocenters. The van der Waals surface area contributed by atoms with Gasteiger partial charge in [0, 0.05) is 5.70 Å². The first kappa shape index (κ1) is 13.5. The van der Waals surface area contributed by atoms with Crippen molar-refractivity contribution in [2.45, 2.75) is 32.2 Å². The third-order valence-electron chi connectivity index (χ3n) is 3.33. The molecule has 2 aliphatic rings. The number of aryl methyl sites for hydroxylation is 1. The van der Waals surface area contributed by atoms with Crippen LogP contribution in [0.1, 0.15) is 25.1 Å². The first-order chi connectivity index (χ1) is 10.3. The summed E-state index contributed by atoms with van der Waals surface area (Å²) in [6.07, 6.45) is 17.6. The molecule has 0 bridgehead atoms. The Labute approximate surface area is 124 Å². The molecule has 0 aromatic carbocycles. The van der Waals surface area contributed by atoms with Crippen molar-refractivity contribution in [3.8, 4) is 0 Å². The lowest BCUT2D eigenvalue weighted by Gasteiger charge is -2.16. The van der Waals surface area contributed by atoms with Crippen LogP contribution in [-0.4, -0.2) is 21.0 Å². The summed E-state index contributed by atoms with van der Waals surface area (Å²) < 4.78 is 0. The van der Waals surface area contributed by atoms with E-state index in [0.717, 1.165) is 25.0 Å². The van der Waals surface area contributed by atoms with E-state index in [1.54, 1.807) is 0 Å². The van der Waals surface area contributed by atoms with Gasteiger partial charge in [-0.1, -0.05) is 36.5 Å². The second kappa shape index (κ2) is 6.35. The SMILES string of the molecule is Cc1nc(NC2=CC=CCC2)nc(NC2C=CC=CC2)n1. The Balaban J connectivity index is 1.73. The van der Waals surface area contributed by atoms with Crippen molar-refractivity contribution in [2.75, 3.05) is 10.6 Å². The normalized spacial score (nSPS) is 20.2. The van der Waals surface area contributed by atoms with Crippen molar-refractivity contribution in [3.05, 3.63) is 54.1 Å². The molecule has 0 spiro atoms. The summed E-state index contributed by atoms with van der Waals surface area (Å²) in [6, 6.07) is 0.237. The van der Waals surface area contributed by atoms with E-state index in [4.69, 9.17) is 0 Å². The summed E-state index contributed by atoms with van der Waals surface area (Å²) >= 11 is 0. The van der Waals surface area contributed by atoms with E-state index < -0.39 is 0 Å². The summed E-state index contributed by atoms with van der Waals surface area (Å²) in [5.41, 5.74) is 1.13. The van der Waals surface area contributed by atoms with Crippen LogP contribution in [0.2, 0.25) is 0 Å². The molecule has 2 aliphatic carbocycles. The molecule has 108 valence electrons. The van der Waals surface area contributed by atoms with Crippen molar-refractivity contribution in [1.29, 1.82) is 0 Å².